The molecule has 0 atom stereocenters. The maximum atomic E-state index is 10.8. The number of rotatable bonds is 2. The van der Waals surface area contributed by atoms with Crippen molar-refractivity contribution < 1.29 is 9.90 Å². The molecule has 0 amide bonds. The first-order valence-electron chi connectivity index (χ1n) is 3.22. The first kappa shape index (κ1) is 9.61. The van der Waals surface area contributed by atoms with Crippen molar-refractivity contribution in [2.45, 2.75) is 4.90 Å². The molecule has 0 saturated carbocycles. The van der Waals surface area contributed by atoms with Crippen LogP contribution in [-0.2, 0) is 0 Å². The molecule has 12 heavy (non-hydrogen) atoms. The molecule has 4 heteroatoms. The van der Waals surface area contributed by atoms with Crippen LogP contribution < -0.4 is 0 Å². The Morgan fingerprint density at radius 3 is 2.67 bits per heavy atom. The highest BCUT2D eigenvalue weighted by Crippen LogP contribution is 2.26. The monoisotopic (exact) mass is 246 g/mol. The van der Waals surface area contributed by atoms with Gasteiger partial charge in [0.05, 0.1) is 5.56 Å². The highest BCUT2D eigenvalue weighted by Gasteiger charge is 2.12. The summed E-state index contributed by atoms with van der Waals surface area (Å²) >= 11 is 4.62. The van der Waals surface area contributed by atoms with Gasteiger partial charge in [0.25, 0.3) is 0 Å². The molecule has 1 N–H and O–H groups in total. The first-order valence-corrected chi connectivity index (χ1v) is 5.24. The summed E-state index contributed by atoms with van der Waals surface area (Å²) in [6, 6.07) is 5.34. The fraction of sp³-hybridized carbons (Fsp3) is 0.125. The molecule has 64 valence electrons. The Labute approximate surface area is 83.1 Å². The standard InChI is InChI=1S/C8H7BrO2S/c1-12-6-4-2-3-5(9)7(6)8(10)11/h2-4H,1H3,(H,10,11). The number of carbonyl (C=O) groups is 1. The van der Waals surface area contributed by atoms with Gasteiger partial charge in [0.15, 0.2) is 0 Å². The number of benzene rings is 1. The van der Waals surface area contributed by atoms with Crippen LogP contribution in [0, 0.1) is 0 Å². The van der Waals surface area contributed by atoms with E-state index < -0.39 is 5.97 Å². The molecule has 1 aromatic carbocycles. The van der Waals surface area contributed by atoms with Gasteiger partial charge in [-0.25, -0.2) is 4.79 Å². The smallest absolute Gasteiger partial charge is 0.337 e. The molecule has 1 aromatic rings. The van der Waals surface area contributed by atoms with Crippen molar-refractivity contribution in [3.63, 3.8) is 0 Å². The van der Waals surface area contributed by atoms with Gasteiger partial charge in [-0.05, 0) is 34.3 Å². The maximum Gasteiger partial charge on any atom is 0.337 e. The second-order valence-corrected chi connectivity index (χ2v) is 3.82. The second kappa shape index (κ2) is 3.96. The summed E-state index contributed by atoms with van der Waals surface area (Å²) < 4.78 is 0.627. The van der Waals surface area contributed by atoms with E-state index in [4.69, 9.17) is 5.11 Å². The lowest BCUT2D eigenvalue weighted by atomic mass is 10.2. The van der Waals surface area contributed by atoms with E-state index in [1.54, 1.807) is 12.1 Å². The van der Waals surface area contributed by atoms with Gasteiger partial charge in [-0.15, -0.1) is 11.8 Å². The van der Waals surface area contributed by atoms with Crippen LogP contribution in [0.1, 0.15) is 10.4 Å². The van der Waals surface area contributed by atoms with Crippen molar-refractivity contribution in [2.24, 2.45) is 0 Å². The average Bonchev–Trinajstić information content (AvgIpc) is 2.03. The number of thioether (sulfide) groups is 1. The lowest BCUT2D eigenvalue weighted by molar-refractivity contribution is 0.0692. The number of carboxylic acid groups (broad SMARTS) is 1. The molecular formula is C8H7BrO2S. The van der Waals surface area contributed by atoms with Crippen LogP contribution in [0.2, 0.25) is 0 Å². The molecular weight excluding hydrogens is 240 g/mol. The number of hydrogen-bond donors (Lipinski definition) is 1. The third-order valence-corrected chi connectivity index (χ3v) is 2.85. The molecule has 0 heterocycles. The summed E-state index contributed by atoms with van der Waals surface area (Å²) in [5.74, 6) is -0.896. The van der Waals surface area contributed by atoms with E-state index in [2.05, 4.69) is 15.9 Å². The van der Waals surface area contributed by atoms with E-state index in [0.29, 0.717) is 10.0 Å². The summed E-state index contributed by atoms with van der Waals surface area (Å²) in [7, 11) is 0. The summed E-state index contributed by atoms with van der Waals surface area (Å²) in [5, 5.41) is 8.83. The molecule has 0 saturated heterocycles. The Morgan fingerprint density at radius 1 is 1.58 bits per heavy atom. The second-order valence-electron chi connectivity index (χ2n) is 2.12. The van der Waals surface area contributed by atoms with Crippen LogP contribution in [0.4, 0.5) is 0 Å². The van der Waals surface area contributed by atoms with E-state index >= 15 is 0 Å². The van der Waals surface area contributed by atoms with E-state index in [9.17, 15) is 4.79 Å². The normalized spacial score (nSPS) is 9.83. The van der Waals surface area contributed by atoms with E-state index in [1.807, 2.05) is 12.3 Å². The van der Waals surface area contributed by atoms with Crippen LogP contribution in [0.3, 0.4) is 0 Å². The highest BCUT2D eigenvalue weighted by atomic mass is 79.9. The molecule has 0 aliphatic heterocycles. The lowest BCUT2D eigenvalue weighted by Crippen LogP contribution is -1.99. The first-order chi connectivity index (χ1) is 5.66. The predicted octanol–water partition coefficient (Wildman–Crippen LogP) is 2.87. The molecule has 0 aromatic heterocycles. The number of hydrogen-bond acceptors (Lipinski definition) is 2. The fourth-order valence-corrected chi connectivity index (χ4v) is 2.17. The Balaban J connectivity index is 3.29. The number of carboxylic acids is 1. The molecule has 0 aliphatic carbocycles. The van der Waals surface area contributed by atoms with Crippen LogP contribution in [0.25, 0.3) is 0 Å². The van der Waals surface area contributed by atoms with Gasteiger partial charge in [-0.2, -0.15) is 0 Å². The van der Waals surface area contributed by atoms with Crippen molar-refractivity contribution in [1.29, 1.82) is 0 Å². The van der Waals surface area contributed by atoms with Crippen LogP contribution in [0.5, 0.6) is 0 Å². The topological polar surface area (TPSA) is 37.3 Å². The van der Waals surface area contributed by atoms with Gasteiger partial charge in [0.1, 0.15) is 0 Å². The number of halogens is 1. The highest BCUT2D eigenvalue weighted by molar-refractivity contribution is 9.10. The quantitative estimate of drug-likeness (QED) is 0.816. The Hall–Kier alpha value is -0.480. The van der Waals surface area contributed by atoms with Gasteiger partial charge in [0, 0.05) is 9.37 Å². The van der Waals surface area contributed by atoms with Gasteiger partial charge >= 0.3 is 5.97 Å². The molecule has 0 fully saturated rings. The minimum absolute atomic E-state index is 0.338. The van der Waals surface area contributed by atoms with Crippen molar-refractivity contribution >= 4 is 33.7 Å². The summed E-state index contributed by atoms with van der Waals surface area (Å²) in [6.45, 7) is 0. The third-order valence-electron chi connectivity index (χ3n) is 1.41. The van der Waals surface area contributed by atoms with Gasteiger partial charge in [-0.3, -0.25) is 0 Å². The average molecular weight is 247 g/mol. The fourth-order valence-electron chi connectivity index (χ4n) is 0.882. The van der Waals surface area contributed by atoms with Gasteiger partial charge in [0.2, 0.25) is 0 Å². The van der Waals surface area contributed by atoms with Crippen molar-refractivity contribution in [2.75, 3.05) is 6.26 Å². The van der Waals surface area contributed by atoms with Crippen LogP contribution >= 0.6 is 27.7 Å². The zero-order valence-corrected chi connectivity index (χ0v) is 8.78. The van der Waals surface area contributed by atoms with E-state index in [1.165, 1.54) is 11.8 Å². The Morgan fingerprint density at radius 2 is 2.25 bits per heavy atom. The molecule has 0 unspecified atom stereocenters. The van der Waals surface area contributed by atoms with E-state index in [0.717, 1.165) is 4.90 Å². The number of aromatic carboxylic acids is 1. The van der Waals surface area contributed by atoms with Crippen molar-refractivity contribution in [1.82, 2.24) is 0 Å². The van der Waals surface area contributed by atoms with Crippen molar-refractivity contribution in [3.05, 3.63) is 28.2 Å². The zero-order valence-electron chi connectivity index (χ0n) is 6.37. The molecule has 2 nitrogen and oxygen atoms in total. The summed E-state index contributed by atoms with van der Waals surface area (Å²) in [6.07, 6.45) is 1.86. The molecule has 0 bridgehead atoms. The molecule has 1 rings (SSSR count). The SMILES string of the molecule is CSc1cccc(Br)c1C(=O)O. The largest absolute Gasteiger partial charge is 0.478 e. The van der Waals surface area contributed by atoms with Gasteiger partial charge in [-0.1, -0.05) is 6.07 Å². The predicted molar refractivity (Wildman–Crippen MR) is 52.9 cm³/mol. The van der Waals surface area contributed by atoms with E-state index in [-0.39, 0.29) is 0 Å². The minimum Gasteiger partial charge on any atom is -0.478 e. The lowest BCUT2D eigenvalue weighted by Gasteiger charge is -2.03. The third kappa shape index (κ3) is 1.81. The Bertz CT molecular complexity index is 312. The van der Waals surface area contributed by atoms with Crippen molar-refractivity contribution in [3.8, 4) is 0 Å². The summed E-state index contributed by atoms with van der Waals surface area (Å²) in [4.78, 5) is 11.5. The maximum absolute atomic E-state index is 10.8. The minimum atomic E-state index is -0.896. The molecule has 0 aliphatic rings. The van der Waals surface area contributed by atoms with Gasteiger partial charge < -0.3 is 5.11 Å². The Kier molecular flexibility index (Phi) is 3.17. The van der Waals surface area contributed by atoms with Crippen LogP contribution in [-0.4, -0.2) is 17.3 Å². The zero-order chi connectivity index (χ0) is 9.14. The molecule has 0 radical (unpaired) electrons. The summed E-state index contributed by atoms with van der Waals surface area (Å²) in [5.41, 5.74) is 0.338. The molecule has 0 spiro atoms. The van der Waals surface area contributed by atoms with Crippen LogP contribution in [0.15, 0.2) is 27.6 Å².